The minimum atomic E-state index is -0.450. The quantitative estimate of drug-likeness (QED) is 0.676. The molecule has 66 valence electrons. The smallest absolute Gasteiger partial charge is 0.216 e. The molecule has 0 fully saturated rings. The van der Waals surface area contributed by atoms with Gasteiger partial charge in [-0.1, -0.05) is 6.07 Å². The molecule has 0 aromatic carbocycles. The summed E-state index contributed by atoms with van der Waals surface area (Å²) in [6.45, 7) is 1.67. The summed E-state index contributed by atoms with van der Waals surface area (Å²) in [5.74, 6) is 0.132. The Morgan fingerprint density at radius 3 is 2.85 bits per heavy atom. The Morgan fingerprint density at radius 2 is 2.23 bits per heavy atom. The van der Waals surface area contributed by atoms with E-state index in [1.165, 1.54) is 0 Å². The van der Waals surface area contributed by atoms with Gasteiger partial charge in [0.2, 0.25) is 5.95 Å². The Hall–Kier alpha value is -1.71. The number of hydrogen-bond donors (Lipinski definition) is 1. The lowest BCUT2D eigenvalue weighted by molar-refractivity contribution is 0.575. The minimum Gasteiger partial charge on any atom is -0.343 e. The molecule has 2 heterocycles. The third-order valence-electron chi connectivity index (χ3n) is 1.78. The lowest BCUT2D eigenvalue weighted by atomic mass is 10.2. The van der Waals surface area contributed by atoms with E-state index in [0.717, 1.165) is 0 Å². The van der Waals surface area contributed by atoms with E-state index < -0.39 is 5.95 Å². The minimum absolute atomic E-state index is 0.450. The summed E-state index contributed by atoms with van der Waals surface area (Å²) in [6, 6.07) is 3.41. The highest BCUT2D eigenvalue weighted by atomic mass is 19.1. The van der Waals surface area contributed by atoms with Crippen LogP contribution < -0.4 is 0 Å². The van der Waals surface area contributed by atoms with E-state index in [4.69, 9.17) is 0 Å². The van der Waals surface area contributed by atoms with Gasteiger partial charge in [-0.05, 0) is 13.0 Å². The van der Waals surface area contributed by atoms with Crippen molar-refractivity contribution < 1.29 is 4.39 Å². The van der Waals surface area contributed by atoms with Crippen LogP contribution in [0.3, 0.4) is 0 Å². The number of imidazole rings is 1. The van der Waals surface area contributed by atoms with Crippen molar-refractivity contribution in [3.8, 4) is 11.5 Å². The Bertz CT molecular complexity index is 409. The summed E-state index contributed by atoms with van der Waals surface area (Å²) in [5.41, 5.74) is 1.06. The van der Waals surface area contributed by atoms with Crippen LogP contribution in [0.4, 0.5) is 4.39 Å². The first-order chi connectivity index (χ1) is 6.27. The summed E-state index contributed by atoms with van der Waals surface area (Å²) in [4.78, 5) is 10.6. The molecule has 0 bridgehead atoms. The lowest BCUT2D eigenvalue weighted by Crippen LogP contribution is -1.92. The number of rotatable bonds is 1. The van der Waals surface area contributed by atoms with Crippen LogP contribution in [-0.2, 0) is 0 Å². The fraction of sp³-hybridized carbons (Fsp3) is 0.111. The maximum absolute atomic E-state index is 13.0. The van der Waals surface area contributed by atoms with Crippen LogP contribution in [0.5, 0.6) is 0 Å². The normalized spacial score (nSPS) is 10.3. The van der Waals surface area contributed by atoms with Crippen LogP contribution in [0.1, 0.15) is 5.56 Å². The van der Waals surface area contributed by atoms with E-state index in [0.29, 0.717) is 17.1 Å². The van der Waals surface area contributed by atoms with Crippen molar-refractivity contribution in [2.45, 2.75) is 6.92 Å². The molecule has 4 heteroatoms. The molecule has 2 aromatic rings. The van der Waals surface area contributed by atoms with E-state index in [1.807, 2.05) is 0 Å². The molecule has 0 aliphatic heterocycles. The van der Waals surface area contributed by atoms with Crippen LogP contribution in [0.25, 0.3) is 11.5 Å². The van der Waals surface area contributed by atoms with Crippen LogP contribution in [0.2, 0.25) is 0 Å². The van der Waals surface area contributed by atoms with Crippen LogP contribution in [0, 0.1) is 12.9 Å². The second-order valence-corrected chi connectivity index (χ2v) is 2.74. The highest BCUT2D eigenvalue weighted by Gasteiger charge is 2.04. The molecule has 2 aromatic heterocycles. The van der Waals surface area contributed by atoms with Crippen LogP contribution >= 0.6 is 0 Å². The molecule has 3 nitrogen and oxygen atoms in total. The first kappa shape index (κ1) is 7.91. The third-order valence-corrected chi connectivity index (χ3v) is 1.78. The van der Waals surface area contributed by atoms with Crippen molar-refractivity contribution in [3.63, 3.8) is 0 Å². The van der Waals surface area contributed by atoms with Gasteiger partial charge in [0, 0.05) is 18.0 Å². The number of hydrogen-bond acceptors (Lipinski definition) is 2. The number of pyridine rings is 1. The van der Waals surface area contributed by atoms with Crippen molar-refractivity contribution in [3.05, 3.63) is 36.0 Å². The number of H-pyrrole nitrogens is 1. The topological polar surface area (TPSA) is 41.6 Å². The number of nitrogens with one attached hydrogen (secondary N) is 1. The average Bonchev–Trinajstić information content (AvgIpc) is 2.62. The molecule has 2 rings (SSSR count). The molecule has 0 radical (unpaired) electrons. The molecule has 0 saturated carbocycles. The van der Waals surface area contributed by atoms with Crippen molar-refractivity contribution in [2.24, 2.45) is 0 Å². The molecule has 0 unspecified atom stereocenters. The maximum Gasteiger partial charge on any atom is 0.216 e. The van der Waals surface area contributed by atoms with Gasteiger partial charge in [0.25, 0.3) is 0 Å². The number of aromatic amines is 1. The van der Waals surface area contributed by atoms with Crippen molar-refractivity contribution in [1.29, 1.82) is 0 Å². The van der Waals surface area contributed by atoms with Crippen LogP contribution in [-0.4, -0.2) is 15.0 Å². The largest absolute Gasteiger partial charge is 0.343 e. The van der Waals surface area contributed by atoms with Gasteiger partial charge >= 0.3 is 0 Å². The monoisotopic (exact) mass is 177 g/mol. The zero-order valence-electron chi connectivity index (χ0n) is 7.08. The summed E-state index contributed by atoms with van der Waals surface area (Å²) in [6.07, 6.45) is 3.28. The van der Waals surface area contributed by atoms with Gasteiger partial charge in [0.05, 0.1) is 0 Å². The van der Waals surface area contributed by atoms with Gasteiger partial charge in [-0.25, -0.2) is 9.97 Å². The third kappa shape index (κ3) is 1.42. The zero-order chi connectivity index (χ0) is 9.26. The van der Waals surface area contributed by atoms with Crippen molar-refractivity contribution >= 4 is 0 Å². The molecule has 0 aliphatic carbocycles. The van der Waals surface area contributed by atoms with Gasteiger partial charge in [-0.2, -0.15) is 4.39 Å². The van der Waals surface area contributed by atoms with Crippen molar-refractivity contribution in [2.75, 3.05) is 0 Å². The van der Waals surface area contributed by atoms with Gasteiger partial charge in [-0.3, -0.25) is 0 Å². The highest BCUT2D eigenvalue weighted by molar-refractivity contribution is 5.48. The van der Waals surface area contributed by atoms with E-state index in [9.17, 15) is 4.39 Å². The van der Waals surface area contributed by atoms with Gasteiger partial charge < -0.3 is 4.98 Å². The predicted octanol–water partition coefficient (Wildman–Crippen LogP) is 1.92. The molecule has 13 heavy (non-hydrogen) atoms. The standard InChI is InChI=1S/C9H8FN3/c1-6-2-3-7(13-8(6)10)9-11-4-5-12-9/h2-5H,1H3,(H,11,12). The highest BCUT2D eigenvalue weighted by Crippen LogP contribution is 2.13. The second-order valence-electron chi connectivity index (χ2n) is 2.74. The van der Waals surface area contributed by atoms with Crippen LogP contribution in [0.15, 0.2) is 24.5 Å². The van der Waals surface area contributed by atoms with Crippen molar-refractivity contribution in [1.82, 2.24) is 15.0 Å². The summed E-state index contributed by atoms with van der Waals surface area (Å²) >= 11 is 0. The second kappa shape index (κ2) is 2.97. The summed E-state index contributed by atoms with van der Waals surface area (Å²) in [5, 5.41) is 0. The van der Waals surface area contributed by atoms with Gasteiger partial charge in [0.1, 0.15) is 5.69 Å². The first-order valence-electron chi connectivity index (χ1n) is 3.90. The zero-order valence-corrected chi connectivity index (χ0v) is 7.08. The fourth-order valence-electron chi connectivity index (χ4n) is 1.04. The summed E-state index contributed by atoms with van der Waals surface area (Å²) < 4.78 is 13.0. The molecule has 1 N–H and O–H groups in total. The first-order valence-corrected chi connectivity index (χ1v) is 3.90. The van der Waals surface area contributed by atoms with E-state index >= 15 is 0 Å². The molecule has 0 atom stereocenters. The number of nitrogens with zero attached hydrogens (tertiary/aromatic N) is 2. The maximum atomic E-state index is 13.0. The average molecular weight is 177 g/mol. The number of aryl methyl sites for hydroxylation is 1. The molecule has 0 saturated heterocycles. The van der Waals surface area contributed by atoms with E-state index in [2.05, 4.69) is 15.0 Å². The molecular weight excluding hydrogens is 169 g/mol. The van der Waals surface area contributed by atoms with Gasteiger partial charge in [0.15, 0.2) is 5.82 Å². The summed E-state index contributed by atoms with van der Waals surface area (Å²) in [7, 11) is 0. The fourth-order valence-corrected chi connectivity index (χ4v) is 1.04. The molecule has 0 amide bonds. The Balaban J connectivity index is 2.49. The number of aromatic nitrogens is 3. The van der Waals surface area contributed by atoms with E-state index in [-0.39, 0.29) is 0 Å². The Kier molecular flexibility index (Phi) is 1.81. The number of halogens is 1. The Labute approximate surface area is 74.7 Å². The predicted molar refractivity (Wildman–Crippen MR) is 46.5 cm³/mol. The molecule has 0 spiro atoms. The molecular formula is C9H8FN3. The SMILES string of the molecule is Cc1ccc(-c2ncc[nH]2)nc1F. The lowest BCUT2D eigenvalue weighted by Gasteiger charge is -1.98. The Morgan fingerprint density at radius 1 is 1.38 bits per heavy atom. The van der Waals surface area contributed by atoms with E-state index in [1.54, 1.807) is 31.5 Å². The molecule has 0 aliphatic rings. The van der Waals surface area contributed by atoms with Gasteiger partial charge in [-0.15, -0.1) is 0 Å².